The van der Waals surface area contributed by atoms with E-state index in [0.29, 0.717) is 32.1 Å². The van der Waals surface area contributed by atoms with Crippen LogP contribution in [0.4, 0.5) is 0 Å². The Morgan fingerprint density at radius 2 is 0.550 bits per heavy atom. The fraction of sp³-hybridized carbons (Fsp3) is 0.679. The lowest BCUT2D eigenvalue weighted by Gasteiger charge is -2.21. The van der Waals surface area contributed by atoms with Gasteiger partial charge in [0.15, 0.2) is 12.2 Å². The van der Waals surface area contributed by atoms with Crippen molar-refractivity contribution in [2.24, 2.45) is 0 Å². The summed E-state index contributed by atoms with van der Waals surface area (Å²) in [6.07, 6.45) is 80.3. The van der Waals surface area contributed by atoms with Gasteiger partial charge in [0, 0.05) is 25.7 Å². The molecule has 5 unspecified atom stereocenters. The third-order valence-electron chi connectivity index (χ3n) is 15.6. The molecule has 0 aliphatic heterocycles. The first kappa shape index (κ1) is 95.2. The fourth-order valence-corrected chi connectivity index (χ4v) is 11.4. The first-order valence-electron chi connectivity index (χ1n) is 38.4. The summed E-state index contributed by atoms with van der Waals surface area (Å²) in [5.41, 5.74) is 0. The van der Waals surface area contributed by atoms with Gasteiger partial charge in [0.1, 0.15) is 19.3 Å². The molecule has 0 aromatic heterocycles. The van der Waals surface area contributed by atoms with Crippen LogP contribution in [0.2, 0.25) is 0 Å². The Morgan fingerprint density at radius 1 is 0.290 bits per heavy atom. The van der Waals surface area contributed by atoms with E-state index in [9.17, 15) is 43.2 Å². The topological polar surface area (TPSA) is 237 Å². The zero-order chi connectivity index (χ0) is 73.2. The van der Waals surface area contributed by atoms with Crippen LogP contribution in [0.5, 0.6) is 0 Å². The van der Waals surface area contributed by atoms with Crippen LogP contribution < -0.4 is 0 Å². The van der Waals surface area contributed by atoms with Gasteiger partial charge in [-0.15, -0.1) is 0 Å². The largest absolute Gasteiger partial charge is 0.472 e. The Balaban J connectivity index is 5.39. The number of esters is 4. The van der Waals surface area contributed by atoms with E-state index in [1.165, 1.54) is 64.2 Å². The van der Waals surface area contributed by atoms with Crippen LogP contribution in [0.15, 0.2) is 134 Å². The van der Waals surface area contributed by atoms with Gasteiger partial charge in [0.2, 0.25) is 0 Å². The summed E-state index contributed by atoms with van der Waals surface area (Å²) in [5.74, 6) is -2.31. The third kappa shape index (κ3) is 71.6. The predicted octanol–water partition coefficient (Wildman–Crippen LogP) is 22.1. The molecule has 0 radical (unpaired) electrons. The molecule has 0 bridgehead atoms. The number of hydrogen-bond acceptors (Lipinski definition) is 15. The lowest BCUT2D eigenvalue weighted by molar-refractivity contribution is -0.161. The fourth-order valence-electron chi connectivity index (χ4n) is 9.81. The molecule has 0 saturated heterocycles. The van der Waals surface area contributed by atoms with Crippen LogP contribution in [0.25, 0.3) is 0 Å². The molecule has 17 nitrogen and oxygen atoms in total. The molecule has 0 aliphatic carbocycles. The van der Waals surface area contributed by atoms with E-state index in [0.717, 1.165) is 148 Å². The molecule has 0 aromatic carbocycles. The normalized spacial score (nSPS) is 14.7. The SMILES string of the molecule is CC/C=C\C/C=C\C/C=C\C/C=C\C/C=C\C/C=C\CCC(=O)OCC(COP(=O)(O)OCC(O)COP(=O)(O)OCC(COC(=O)CCCCCC/C=C\C/C=C\C/C=C\C/C=C\CC)OC(=O)CCCCCCC/C=C\CCCC)OC(=O)CCCCCCCCCCCCCCC. The maximum Gasteiger partial charge on any atom is 0.472 e. The second kappa shape index (κ2) is 72.5. The number of aliphatic hydroxyl groups excluding tert-OH is 1. The highest BCUT2D eigenvalue weighted by Crippen LogP contribution is 2.45. The van der Waals surface area contributed by atoms with Crippen molar-refractivity contribution >= 4 is 39.5 Å². The summed E-state index contributed by atoms with van der Waals surface area (Å²) in [6.45, 7) is 4.48. The Hall–Kier alpha value is -4.80. The maximum absolute atomic E-state index is 13.1. The van der Waals surface area contributed by atoms with E-state index in [4.69, 9.17) is 37.0 Å². The van der Waals surface area contributed by atoms with Crippen LogP contribution in [-0.2, 0) is 65.4 Å². The summed E-state index contributed by atoms with van der Waals surface area (Å²) in [5, 5.41) is 10.6. The Bertz CT molecular complexity index is 2420. The molecule has 5 atom stereocenters. The molecule has 19 heteroatoms. The lowest BCUT2D eigenvalue weighted by Crippen LogP contribution is -2.30. The molecule has 0 aromatic rings. The molecule has 0 amide bonds. The number of hydrogen-bond donors (Lipinski definition) is 3. The molecule has 0 fully saturated rings. The standard InChI is InChI=1S/C81H136O17P2/c1-5-9-13-17-21-25-29-32-34-36-37-39-41-44-47-50-54-58-62-66-79(84)92-72-77(98-81(86)68-64-60-56-52-48-42-31-27-23-19-15-11-7-3)74-96-100(89,90)94-70-75(82)69-93-99(87,88)95-73-76(97-80(85)67-63-59-55-51-45-28-24-20-16-12-8-4)71-91-78(83)65-61-57-53-49-46-43-40-38-35-33-30-26-22-18-14-10-6-2/h9-10,13-14,20-22,24-26,32-35,37,39-40,43-44,47,54,58,75-77,82H,5-8,11-12,15-19,23,27-31,36,38,41-42,45-46,48-53,55-57,59-74H2,1-4H3,(H,87,88)(H,89,90)/b13-9-,14-10-,24-20-,25-21-,26-22-,34-32-,35-33-,39-37-,43-40-,47-44-,58-54-. The van der Waals surface area contributed by atoms with E-state index in [-0.39, 0.29) is 25.7 Å². The van der Waals surface area contributed by atoms with Gasteiger partial charge in [0.05, 0.1) is 26.4 Å². The third-order valence-corrected chi connectivity index (χ3v) is 17.5. The highest BCUT2D eigenvalue weighted by Gasteiger charge is 2.30. The average Bonchev–Trinajstić information content (AvgIpc) is 0.940. The zero-order valence-corrected chi connectivity index (χ0v) is 64.1. The number of phosphoric acid groups is 2. The minimum Gasteiger partial charge on any atom is -0.462 e. The Labute approximate surface area is 605 Å². The van der Waals surface area contributed by atoms with Gasteiger partial charge in [-0.25, -0.2) is 9.13 Å². The van der Waals surface area contributed by atoms with Gasteiger partial charge < -0.3 is 33.8 Å². The first-order valence-corrected chi connectivity index (χ1v) is 41.4. The number of rotatable bonds is 71. The van der Waals surface area contributed by atoms with Crippen molar-refractivity contribution in [2.75, 3.05) is 39.6 Å². The highest BCUT2D eigenvalue weighted by molar-refractivity contribution is 7.47. The molecular formula is C81H136O17P2. The van der Waals surface area contributed by atoms with Gasteiger partial charge in [-0.3, -0.25) is 37.3 Å². The molecule has 100 heavy (non-hydrogen) atoms. The molecule has 3 N–H and O–H groups in total. The molecule has 0 rings (SSSR count). The van der Waals surface area contributed by atoms with Crippen molar-refractivity contribution in [3.63, 3.8) is 0 Å². The van der Waals surface area contributed by atoms with Gasteiger partial charge in [-0.05, 0) is 122 Å². The van der Waals surface area contributed by atoms with Crippen molar-refractivity contribution in [3.05, 3.63) is 134 Å². The van der Waals surface area contributed by atoms with Crippen LogP contribution in [-0.4, -0.2) is 96.7 Å². The second-order valence-electron chi connectivity index (χ2n) is 25.2. The van der Waals surface area contributed by atoms with Crippen LogP contribution >= 0.6 is 15.6 Å². The van der Waals surface area contributed by atoms with Crippen LogP contribution in [0, 0.1) is 0 Å². The van der Waals surface area contributed by atoms with Gasteiger partial charge >= 0.3 is 39.5 Å². The summed E-state index contributed by atoms with van der Waals surface area (Å²) in [4.78, 5) is 72.8. The smallest absolute Gasteiger partial charge is 0.462 e. The molecule has 572 valence electrons. The molecule has 0 heterocycles. The number of aliphatic hydroxyl groups is 1. The predicted molar refractivity (Wildman–Crippen MR) is 408 cm³/mol. The van der Waals surface area contributed by atoms with Crippen molar-refractivity contribution in [2.45, 2.75) is 316 Å². The van der Waals surface area contributed by atoms with E-state index < -0.39 is 97.5 Å². The quantitative estimate of drug-likeness (QED) is 0.0169. The number of allylic oxidation sites excluding steroid dienone is 22. The summed E-state index contributed by atoms with van der Waals surface area (Å²) >= 11 is 0. The van der Waals surface area contributed by atoms with Gasteiger partial charge in [0.25, 0.3) is 0 Å². The summed E-state index contributed by atoms with van der Waals surface area (Å²) < 4.78 is 68.3. The number of unbranched alkanes of at least 4 members (excludes halogenated alkanes) is 23. The zero-order valence-electron chi connectivity index (χ0n) is 62.3. The number of carbonyl (C=O) groups excluding carboxylic acids is 4. The molecular weight excluding hydrogens is 1310 g/mol. The van der Waals surface area contributed by atoms with Crippen molar-refractivity contribution in [3.8, 4) is 0 Å². The monoisotopic (exact) mass is 1440 g/mol. The Morgan fingerprint density at radius 3 is 0.900 bits per heavy atom. The average molecular weight is 1440 g/mol. The van der Waals surface area contributed by atoms with E-state index in [1.807, 2.05) is 18.2 Å². The number of carbonyl (C=O) groups is 4. The van der Waals surface area contributed by atoms with Crippen LogP contribution in [0.1, 0.15) is 297 Å². The minimum absolute atomic E-state index is 0.0350. The first-order chi connectivity index (χ1) is 48.7. The van der Waals surface area contributed by atoms with Gasteiger partial charge in [-0.2, -0.15) is 0 Å². The number of phosphoric ester groups is 2. The Kier molecular flexibility index (Phi) is 69.1. The highest BCUT2D eigenvalue weighted by atomic mass is 31.2. The molecule has 0 saturated carbocycles. The summed E-state index contributed by atoms with van der Waals surface area (Å²) in [6, 6.07) is 0. The lowest BCUT2D eigenvalue weighted by atomic mass is 10.0. The van der Waals surface area contributed by atoms with E-state index in [2.05, 4.69) is 143 Å². The second-order valence-corrected chi connectivity index (χ2v) is 28.1. The minimum atomic E-state index is -4.99. The van der Waals surface area contributed by atoms with E-state index >= 15 is 0 Å². The molecule has 0 spiro atoms. The van der Waals surface area contributed by atoms with E-state index in [1.54, 1.807) is 0 Å². The van der Waals surface area contributed by atoms with Crippen molar-refractivity contribution in [1.29, 1.82) is 0 Å². The summed E-state index contributed by atoms with van der Waals surface area (Å²) in [7, 11) is -9.98. The van der Waals surface area contributed by atoms with Crippen molar-refractivity contribution in [1.82, 2.24) is 0 Å². The van der Waals surface area contributed by atoms with Crippen molar-refractivity contribution < 1.29 is 80.2 Å². The number of ether oxygens (including phenoxy) is 4. The van der Waals surface area contributed by atoms with Gasteiger partial charge in [-0.1, -0.05) is 283 Å². The van der Waals surface area contributed by atoms with Crippen LogP contribution in [0.3, 0.4) is 0 Å². The molecule has 0 aliphatic rings. The maximum atomic E-state index is 13.1.